The summed E-state index contributed by atoms with van der Waals surface area (Å²) in [6, 6.07) is 26.4. The minimum absolute atomic E-state index is 0.0747. The fourth-order valence-electron chi connectivity index (χ4n) is 6.26. The second-order valence-corrected chi connectivity index (χ2v) is 14.8. The molecule has 6 aromatic rings. The van der Waals surface area contributed by atoms with Crippen molar-refractivity contribution in [3.8, 4) is 27.9 Å². The number of hydrogen-bond acceptors (Lipinski definition) is 0. The Bertz CT molecular complexity index is 2160. The zero-order valence-electron chi connectivity index (χ0n) is 32.0. The highest BCUT2D eigenvalue weighted by Gasteiger charge is 2.28. The molecule has 0 atom stereocenters. The Hall–Kier alpha value is -4.10. The first kappa shape index (κ1) is 23.4. The molecule has 5 aromatic carbocycles. The minimum Gasteiger partial charge on any atom is -0.309 e. The van der Waals surface area contributed by atoms with Crippen molar-refractivity contribution in [3.63, 3.8) is 0 Å². The molecule has 0 unspecified atom stereocenters. The second-order valence-electron chi connectivity index (χ2n) is 14.8. The maximum absolute atomic E-state index is 8.95. The minimum atomic E-state index is -0.454. The molecule has 218 valence electrons. The van der Waals surface area contributed by atoms with Crippen LogP contribution in [0.2, 0.25) is 0 Å². The average molecular weight is 569 g/mol. The van der Waals surface area contributed by atoms with Crippen molar-refractivity contribution in [2.45, 2.75) is 78.6 Å². The van der Waals surface area contributed by atoms with Crippen LogP contribution in [0.4, 0.5) is 0 Å². The zero-order valence-corrected chi connectivity index (χ0v) is 27.0. The fraction of sp³-hybridized carbons (Fsp3) is 0.286. The maximum atomic E-state index is 8.95. The standard InChI is InChI=1S/C42H45N/c1-40(2,3)30-25-31(41(4,5)6)27-32(26-30)43-35-22-16-21-33(28-17-12-10-13-18-28)37(35)38-36(43)24-23-34(39(38)42(7,8)9)29-19-14-11-15-20-29/h10-27H,1-9H3/i11D,14D,15D,19D,20D. The lowest BCUT2D eigenvalue weighted by molar-refractivity contribution is 0.568. The monoisotopic (exact) mass is 568 g/mol. The van der Waals surface area contributed by atoms with Crippen molar-refractivity contribution in [3.05, 3.63) is 126 Å². The van der Waals surface area contributed by atoms with Gasteiger partial charge in [0.05, 0.1) is 17.9 Å². The summed E-state index contributed by atoms with van der Waals surface area (Å²) in [6.45, 7) is 19.9. The van der Waals surface area contributed by atoms with Crippen LogP contribution >= 0.6 is 0 Å². The normalized spacial score (nSPS) is 14.4. The summed E-state index contributed by atoms with van der Waals surface area (Å²) in [5.41, 5.74) is 9.08. The first-order valence-electron chi connectivity index (χ1n) is 17.7. The number of rotatable bonds is 3. The van der Waals surface area contributed by atoms with Crippen molar-refractivity contribution in [2.24, 2.45) is 0 Å². The quantitative estimate of drug-likeness (QED) is 0.200. The maximum Gasteiger partial charge on any atom is 0.0629 e. The van der Waals surface area contributed by atoms with Crippen LogP contribution in [0.25, 0.3) is 49.7 Å². The molecule has 0 aliphatic heterocycles. The van der Waals surface area contributed by atoms with Gasteiger partial charge < -0.3 is 4.57 Å². The Morgan fingerprint density at radius 3 is 1.70 bits per heavy atom. The van der Waals surface area contributed by atoms with Crippen molar-refractivity contribution >= 4 is 21.8 Å². The van der Waals surface area contributed by atoms with Gasteiger partial charge in [0.15, 0.2) is 0 Å². The van der Waals surface area contributed by atoms with Gasteiger partial charge in [-0.05, 0) is 79.5 Å². The Morgan fingerprint density at radius 1 is 0.512 bits per heavy atom. The lowest BCUT2D eigenvalue weighted by Gasteiger charge is -2.27. The Labute approximate surface area is 265 Å². The topological polar surface area (TPSA) is 4.93 Å². The summed E-state index contributed by atoms with van der Waals surface area (Å²) in [5, 5.41) is 2.11. The van der Waals surface area contributed by atoms with Gasteiger partial charge in [-0.1, -0.05) is 147 Å². The summed E-state index contributed by atoms with van der Waals surface area (Å²) >= 11 is 0. The molecule has 1 nitrogen and oxygen atoms in total. The smallest absolute Gasteiger partial charge is 0.0629 e. The molecule has 0 saturated carbocycles. The third-order valence-electron chi connectivity index (χ3n) is 8.47. The highest BCUT2D eigenvalue weighted by Crippen LogP contribution is 2.47. The Balaban J connectivity index is 1.88. The van der Waals surface area contributed by atoms with Crippen LogP contribution in [0.1, 0.15) is 85.9 Å². The third-order valence-corrected chi connectivity index (χ3v) is 8.47. The fourth-order valence-corrected chi connectivity index (χ4v) is 6.26. The van der Waals surface area contributed by atoms with Gasteiger partial charge in [0.2, 0.25) is 0 Å². The van der Waals surface area contributed by atoms with E-state index in [9.17, 15) is 0 Å². The second kappa shape index (κ2) is 10.3. The van der Waals surface area contributed by atoms with Gasteiger partial charge in [0.25, 0.3) is 0 Å². The molecule has 1 aromatic heterocycles. The molecule has 1 heteroatoms. The van der Waals surface area contributed by atoms with E-state index >= 15 is 0 Å². The van der Waals surface area contributed by atoms with Gasteiger partial charge in [-0.2, -0.15) is 0 Å². The lowest BCUT2D eigenvalue weighted by Crippen LogP contribution is -2.17. The number of fused-ring (bicyclic) bond motifs is 3. The average Bonchev–Trinajstić information content (AvgIpc) is 3.36. The predicted octanol–water partition coefficient (Wildman–Crippen LogP) is 12.0. The molecular weight excluding hydrogens is 518 g/mol. The number of benzene rings is 5. The molecule has 0 amide bonds. The van der Waals surface area contributed by atoms with Crippen LogP contribution in [-0.2, 0) is 16.2 Å². The van der Waals surface area contributed by atoms with Crippen LogP contribution in [0.15, 0.2) is 109 Å². The van der Waals surface area contributed by atoms with E-state index < -0.39 is 5.41 Å². The van der Waals surface area contributed by atoms with E-state index in [1.807, 2.05) is 12.1 Å². The van der Waals surface area contributed by atoms with Crippen molar-refractivity contribution in [2.75, 3.05) is 0 Å². The van der Waals surface area contributed by atoms with E-state index in [4.69, 9.17) is 6.85 Å². The summed E-state index contributed by atoms with van der Waals surface area (Å²) in [5.74, 6) is 0. The van der Waals surface area contributed by atoms with Gasteiger partial charge in [-0.25, -0.2) is 0 Å². The van der Waals surface area contributed by atoms with Crippen LogP contribution in [0, 0.1) is 0 Å². The molecule has 0 fully saturated rings. The molecule has 0 N–H and O–H groups in total. The van der Waals surface area contributed by atoms with Crippen LogP contribution in [0.5, 0.6) is 0 Å². The van der Waals surface area contributed by atoms with Gasteiger partial charge in [-0.3, -0.25) is 0 Å². The largest absolute Gasteiger partial charge is 0.309 e. The number of nitrogens with zero attached hydrogens (tertiary/aromatic N) is 1. The highest BCUT2D eigenvalue weighted by molar-refractivity contribution is 6.18. The van der Waals surface area contributed by atoms with Gasteiger partial charge in [0.1, 0.15) is 0 Å². The van der Waals surface area contributed by atoms with Crippen molar-refractivity contribution in [1.82, 2.24) is 4.57 Å². The first-order valence-corrected chi connectivity index (χ1v) is 15.2. The van der Waals surface area contributed by atoms with Crippen LogP contribution < -0.4 is 0 Å². The molecule has 0 bridgehead atoms. The molecule has 1 heterocycles. The van der Waals surface area contributed by atoms with E-state index in [0.29, 0.717) is 5.56 Å². The highest BCUT2D eigenvalue weighted by atomic mass is 15.0. The Morgan fingerprint density at radius 2 is 1.12 bits per heavy atom. The summed E-state index contributed by atoms with van der Waals surface area (Å²) in [7, 11) is 0. The molecule has 0 spiro atoms. The molecule has 0 aliphatic carbocycles. The zero-order chi connectivity index (χ0) is 35.1. The predicted molar refractivity (Wildman–Crippen MR) is 188 cm³/mol. The summed E-state index contributed by atoms with van der Waals surface area (Å²) < 4.78 is 45.5. The van der Waals surface area contributed by atoms with Gasteiger partial charge in [-0.15, -0.1) is 0 Å². The van der Waals surface area contributed by atoms with E-state index in [-0.39, 0.29) is 46.6 Å². The van der Waals surface area contributed by atoms with E-state index in [1.54, 1.807) is 0 Å². The number of aromatic nitrogens is 1. The van der Waals surface area contributed by atoms with E-state index in [2.05, 4.69) is 134 Å². The molecular formula is C42H45N. The third kappa shape index (κ3) is 5.20. The SMILES string of the molecule is [2H]c1c([2H])c([2H])c(-c2ccc3c(c2C(C)(C)C)c2c(-c4ccccc4)cccc2n3-c2cc(C(C)(C)C)cc(C(C)(C)C)c2)c([2H])c1[2H]. The van der Waals surface area contributed by atoms with Crippen LogP contribution in [-0.4, -0.2) is 4.57 Å². The molecule has 0 saturated heterocycles. The van der Waals surface area contributed by atoms with Crippen LogP contribution in [0.3, 0.4) is 0 Å². The lowest BCUT2D eigenvalue weighted by atomic mass is 9.78. The molecule has 0 aliphatic rings. The van der Waals surface area contributed by atoms with Crippen molar-refractivity contribution < 1.29 is 6.85 Å². The van der Waals surface area contributed by atoms with Gasteiger partial charge >= 0.3 is 0 Å². The first-order chi connectivity index (χ1) is 22.3. The van der Waals surface area contributed by atoms with E-state index in [0.717, 1.165) is 44.2 Å². The molecule has 6 rings (SSSR count). The Kier molecular flexibility index (Phi) is 5.58. The van der Waals surface area contributed by atoms with Crippen molar-refractivity contribution in [1.29, 1.82) is 0 Å². The molecule has 43 heavy (non-hydrogen) atoms. The van der Waals surface area contributed by atoms with Gasteiger partial charge in [0, 0.05) is 16.5 Å². The summed E-state index contributed by atoms with van der Waals surface area (Å²) in [4.78, 5) is 0. The summed E-state index contributed by atoms with van der Waals surface area (Å²) in [6.07, 6.45) is 0. The van der Waals surface area contributed by atoms with E-state index in [1.165, 1.54) is 11.1 Å². The number of hydrogen-bond donors (Lipinski definition) is 0. The molecule has 0 radical (unpaired) electrons.